The van der Waals surface area contributed by atoms with Crippen molar-refractivity contribution in [3.8, 4) is 34.5 Å². The highest BCUT2D eigenvalue weighted by atomic mass is 32.1. The molecule has 36 heavy (non-hydrogen) atoms. The summed E-state index contributed by atoms with van der Waals surface area (Å²) in [4.78, 5) is 10.9. The van der Waals surface area contributed by atoms with Crippen molar-refractivity contribution >= 4 is 17.2 Å². The Kier molecular flexibility index (Phi) is 5.48. The van der Waals surface area contributed by atoms with Crippen LogP contribution in [-0.4, -0.2) is 43.5 Å². The second-order valence-corrected chi connectivity index (χ2v) is 12.2. The lowest BCUT2D eigenvalue weighted by Gasteiger charge is -2.56. The second-order valence-electron chi connectivity index (χ2n) is 11.3. The maximum absolute atomic E-state index is 16.0. The number of fused-ring (bicyclic) bond motifs is 2. The van der Waals surface area contributed by atoms with Crippen molar-refractivity contribution < 1.29 is 9.50 Å². The average Bonchev–Trinajstić information content (AvgIpc) is 3.57. The molecular weight excluding hydrogens is 475 g/mol. The molecule has 1 aromatic carbocycles. The lowest BCUT2D eigenvalue weighted by molar-refractivity contribution is -0.0554. The van der Waals surface area contributed by atoms with Gasteiger partial charge in [-0.25, -0.2) is 14.4 Å². The molecule has 7 nitrogen and oxygen atoms in total. The second kappa shape index (κ2) is 8.48. The van der Waals surface area contributed by atoms with Gasteiger partial charge in [-0.1, -0.05) is 26.3 Å². The number of rotatable bonds is 5. The van der Waals surface area contributed by atoms with Gasteiger partial charge in [-0.2, -0.15) is 5.26 Å². The predicted molar refractivity (Wildman–Crippen MR) is 136 cm³/mol. The van der Waals surface area contributed by atoms with Crippen LogP contribution in [0, 0.1) is 22.2 Å². The number of aromatic hydroxyl groups is 1. The molecule has 186 valence electrons. The number of phenols is 1. The maximum atomic E-state index is 16.0. The van der Waals surface area contributed by atoms with Gasteiger partial charge in [-0.15, -0.1) is 21.5 Å². The molecule has 0 spiro atoms. The highest BCUT2D eigenvalue weighted by Crippen LogP contribution is 2.58. The minimum Gasteiger partial charge on any atom is -0.507 e. The van der Waals surface area contributed by atoms with E-state index in [1.165, 1.54) is 11.3 Å². The first kappa shape index (κ1) is 23.3. The van der Waals surface area contributed by atoms with Crippen LogP contribution in [0.15, 0.2) is 29.8 Å². The summed E-state index contributed by atoms with van der Waals surface area (Å²) in [6.07, 6.45) is 7.81. The third-order valence-corrected chi connectivity index (χ3v) is 9.06. The van der Waals surface area contributed by atoms with E-state index in [4.69, 9.17) is 5.26 Å². The minimum atomic E-state index is -0.906. The monoisotopic (exact) mass is 504 g/mol. The van der Waals surface area contributed by atoms with Gasteiger partial charge in [-0.3, -0.25) is 0 Å². The Morgan fingerprint density at radius 1 is 1.22 bits per heavy atom. The molecule has 6 rings (SSSR count). The number of nitriles is 1. The zero-order valence-electron chi connectivity index (χ0n) is 20.5. The smallest absolute Gasteiger partial charge is 0.194 e. The Labute approximate surface area is 214 Å². The molecular formula is C27H29FN6OS. The average molecular weight is 505 g/mol. The van der Waals surface area contributed by atoms with Crippen LogP contribution in [0.3, 0.4) is 0 Å². The summed E-state index contributed by atoms with van der Waals surface area (Å²) in [6, 6.07) is 7.23. The molecule has 3 saturated carbocycles. The topological polar surface area (TPSA) is 98.8 Å². The summed E-state index contributed by atoms with van der Waals surface area (Å²) in [5.41, 5.74) is 1.67. The van der Waals surface area contributed by atoms with Crippen LogP contribution in [-0.2, 0) is 0 Å². The van der Waals surface area contributed by atoms with E-state index in [0.29, 0.717) is 33.5 Å². The lowest BCUT2D eigenvalue weighted by atomic mass is 9.54. The first-order chi connectivity index (χ1) is 17.3. The fraction of sp³-hybridized carbons (Fsp3) is 0.519. The van der Waals surface area contributed by atoms with Crippen molar-refractivity contribution in [2.75, 3.05) is 4.90 Å². The van der Waals surface area contributed by atoms with Gasteiger partial charge in [0.25, 0.3) is 0 Å². The van der Waals surface area contributed by atoms with E-state index in [0.717, 1.165) is 44.9 Å². The number of benzene rings is 1. The van der Waals surface area contributed by atoms with E-state index in [9.17, 15) is 5.11 Å². The van der Waals surface area contributed by atoms with Crippen LogP contribution in [0.5, 0.6) is 5.75 Å². The normalized spacial score (nSPS) is 29.5. The number of phenolic OH excluding ortho intramolecular Hbond substituents is 1. The minimum absolute atomic E-state index is 0.0115. The molecule has 0 radical (unpaired) electrons. The highest BCUT2D eigenvalue weighted by Gasteiger charge is 2.56. The van der Waals surface area contributed by atoms with Crippen LogP contribution in [0.4, 0.5) is 10.2 Å². The molecule has 3 fully saturated rings. The fourth-order valence-corrected chi connectivity index (χ4v) is 7.24. The maximum Gasteiger partial charge on any atom is 0.194 e. The molecule has 9 heteroatoms. The third-order valence-electron chi connectivity index (χ3n) is 8.31. The summed E-state index contributed by atoms with van der Waals surface area (Å²) in [5, 5.41) is 30.7. The van der Waals surface area contributed by atoms with Gasteiger partial charge in [0.15, 0.2) is 16.6 Å². The van der Waals surface area contributed by atoms with Gasteiger partial charge in [0.05, 0.1) is 23.5 Å². The Morgan fingerprint density at radius 3 is 2.72 bits per heavy atom. The SMILES string of the molecule is C[C@@]12CCC[C@@](C)(C1)[C@@H](F)[C@@H](N(c1cnc(-c3ccc(-c4csc(C#N)n4)cc3O)nn1)C1CC1)C2. The van der Waals surface area contributed by atoms with E-state index in [1.54, 1.807) is 23.7 Å². The molecule has 2 heterocycles. The molecule has 0 aliphatic heterocycles. The molecule has 0 unspecified atom stereocenters. The van der Waals surface area contributed by atoms with Crippen LogP contribution in [0.2, 0.25) is 0 Å². The van der Waals surface area contributed by atoms with Crippen molar-refractivity contribution in [1.82, 2.24) is 20.2 Å². The largest absolute Gasteiger partial charge is 0.507 e. The molecule has 3 aliphatic rings. The molecule has 3 aromatic rings. The van der Waals surface area contributed by atoms with Gasteiger partial charge in [0.2, 0.25) is 0 Å². The van der Waals surface area contributed by atoms with Crippen molar-refractivity contribution in [2.24, 2.45) is 10.8 Å². The Morgan fingerprint density at radius 2 is 2.06 bits per heavy atom. The lowest BCUT2D eigenvalue weighted by Crippen LogP contribution is -2.58. The quantitative estimate of drug-likeness (QED) is 0.461. The summed E-state index contributed by atoms with van der Waals surface area (Å²) < 4.78 is 16.0. The molecule has 0 amide bonds. The van der Waals surface area contributed by atoms with Gasteiger partial charge < -0.3 is 10.0 Å². The predicted octanol–water partition coefficient (Wildman–Crippen LogP) is 5.91. The van der Waals surface area contributed by atoms with Crippen LogP contribution in [0.1, 0.15) is 63.8 Å². The number of halogens is 1. The zero-order valence-corrected chi connectivity index (χ0v) is 21.3. The van der Waals surface area contributed by atoms with Gasteiger partial charge in [0.1, 0.15) is 18.0 Å². The highest BCUT2D eigenvalue weighted by molar-refractivity contribution is 7.10. The van der Waals surface area contributed by atoms with Crippen LogP contribution in [0.25, 0.3) is 22.6 Å². The molecule has 4 atom stereocenters. The van der Waals surface area contributed by atoms with E-state index < -0.39 is 6.17 Å². The summed E-state index contributed by atoms with van der Waals surface area (Å²) in [7, 11) is 0. The molecule has 2 aromatic heterocycles. The summed E-state index contributed by atoms with van der Waals surface area (Å²) >= 11 is 1.26. The Bertz CT molecular complexity index is 1330. The Balaban J connectivity index is 1.28. The molecule has 2 bridgehead atoms. The van der Waals surface area contributed by atoms with Gasteiger partial charge >= 0.3 is 0 Å². The van der Waals surface area contributed by atoms with Crippen molar-refractivity contribution in [1.29, 1.82) is 5.26 Å². The third kappa shape index (κ3) is 4.01. The van der Waals surface area contributed by atoms with E-state index >= 15 is 4.39 Å². The first-order valence-corrected chi connectivity index (χ1v) is 13.5. The molecule has 3 aliphatic carbocycles. The van der Waals surface area contributed by atoms with E-state index in [-0.39, 0.29) is 28.7 Å². The standard InChI is InChI=1S/C27H29FN6OS/c1-26-8-3-9-27(2,15-26)24(28)20(11-26)34(17-5-6-17)22-13-30-25(33-32-22)18-7-4-16(10-21(18)35)19-14-36-23(12-29)31-19/h4,7,10,13-14,17,20,24,35H,3,5-6,8-9,11,15H2,1-2H3/t20-,24-,26-,27-/m0/s1. The van der Waals surface area contributed by atoms with E-state index in [1.807, 2.05) is 12.1 Å². The Hall–Kier alpha value is -3.12. The van der Waals surface area contributed by atoms with E-state index in [2.05, 4.69) is 38.9 Å². The molecule has 1 N–H and O–H groups in total. The van der Waals surface area contributed by atoms with Gasteiger partial charge in [0, 0.05) is 22.4 Å². The number of nitrogens with zero attached hydrogens (tertiary/aromatic N) is 6. The first-order valence-electron chi connectivity index (χ1n) is 12.6. The number of thiazole rings is 1. The van der Waals surface area contributed by atoms with Crippen molar-refractivity contribution in [3.63, 3.8) is 0 Å². The van der Waals surface area contributed by atoms with Crippen LogP contribution >= 0.6 is 11.3 Å². The number of aromatic nitrogens is 4. The van der Waals surface area contributed by atoms with Gasteiger partial charge in [-0.05, 0) is 56.1 Å². The molecule has 0 saturated heterocycles. The number of anilines is 1. The van der Waals surface area contributed by atoms with Crippen molar-refractivity contribution in [3.05, 3.63) is 34.8 Å². The summed E-state index contributed by atoms with van der Waals surface area (Å²) in [6.45, 7) is 4.44. The number of alkyl halides is 1. The summed E-state index contributed by atoms with van der Waals surface area (Å²) in [5.74, 6) is 0.937. The zero-order chi connectivity index (χ0) is 25.1. The number of hydrogen-bond donors (Lipinski definition) is 1. The number of hydrogen-bond acceptors (Lipinski definition) is 8. The van der Waals surface area contributed by atoms with Crippen molar-refractivity contribution in [2.45, 2.75) is 77.0 Å². The van der Waals surface area contributed by atoms with Crippen LogP contribution < -0.4 is 4.90 Å². The fourth-order valence-electron chi connectivity index (χ4n) is 6.62.